The summed E-state index contributed by atoms with van der Waals surface area (Å²) >= 11 is 11.9. The normalized spacial score (nSPS) is 18.2. The van der Waals surface area contributed by atoms with E-state index in [1.807, 2.05) is 4.90 Å². The highest BCUT2D eigenvalue weighted by Crippen LogP contribution is 2.21. The van der Waals surface area contributed by atoms with Gasteiger partial charge in [0.25, 0.3) is 0 Å². The Labute approximate surface area is 121 Å². The minimum atomic E-state index is -0.835. The molecule has 1 aliphatic heterocycles. The lowest BCUT2D eigenvalue weighted by Crippen LogP contribution is -2.48. The Kier molecular flexibility index (Phi) is 5.05. The predicted molar refractivity (Wildman–Crippen MR) is 74.0 cm³/mol. The third-order valence-electron chi connectivity index (χ3n) is 3.12. The molecule has 1 atom stereocenters. The van der Waals surface area contributed by atoms with Gasteiger partial charge in [0.15, 0.2) is 0 Å². The lowest BCUT2D eigenvalue weighted by atomic mass is 10.0. The zero-order valence-electron chi connectivity index (χ0n) is 10.3. The summed E-state index contributed by atoms with van der Waals surface area (Å²) in [7, 11) is 0. The number of carboxylic acid groups (broad SMARTS) is 1. The van der Waals surface area contributed by atoms with Gasteiger partial charge in [-0.25, -0.2) is 0 Å². The van der Waals surface area contributed by atoms with Crippen molar-refractivity contribution in [2.24, 2.45) is 0 Å². The molecule has 1 aliphatic rings. The van der Waals surface area contributed by atoms with E-state index in [9.17, 15) is 9.90 Å². The van der Waals surface area contributed by atoms with Gasteiger partial charge in [0.2, 0.25) is 0 Å². The standard InChI is InChI=1S/C13H15Cl2NO3/c14-10-5-9(6-11(15)8-10)7-12(13(17)18)16-1-3-19-4-2-16/h5-6,8,12H,1-4,7H2,(H,17,18)/t12-/m1/s1. The summed E-state index contributed by atoms with van der Waals surface area (Å²) in [5.41, 5.74) is 0.830. The van der Waals surface area contributed by atoms with Gasteiger partial charge < -0.3 is 9.84 Å². The van der Waals surface area contributed by atoms with Crippen LogP contribution in [0.15, 0.2) is 18.2 Å². The molecule has 1 saturated heterocycles. The molecule has 0 aromatic heterocycles. The summed E-state index contributed by atoms with van der Waals surface area (Å²) in [4.78, 5) is 13.3. The number of aliphatic carboxylic acids is 1. The van der Waals surface area contributed by atoms with E-state index in [0.29, 0.717) is 42.8 Å². The number of rotatable bonds is 4. The molecule has 1 aromatic rings. The van der Waals surface area contributed by atoms with E-state index in [2.05, 4.69) is 0 Å². The van der Waals surface area contributed by atoms with E-state index in [1.54, 1.807) is 18.2 Å². The number of carboxylic acids is 1. The Bertz CT molecular complexity index is 441. The van der Waals surface area contributed by atoms with Gasteiger partial charge in [0.1, 0.15) is 6.04 Å². The number of halogens is 2. The van der Waals surface area contributed by atoms with Gasteiger partial charge in [-0.05, 0) is 30.2 Å². The summed E-state index contributed by atoms with van der Waals surface area (Å²) in [6.07, 6.45) is 0.385. The van der Waals surface area contributed by atoms with Crippen LogP contribution in [0.1, 0.15) is 5.56 Å². The third-order valence-corrected chi connectivity index (χ3v) is 3.56. The first-order valence-corrected chi connectivity index (χ1v) is 6.81. The molecule has 0 spiro atoms. The highest BCUT2D eigenvalue weighted by Gasteiger charge is 2.27. The number of hydrogen-bond donors (Lipinski definition) is 1. The molecule has 6 heteroatoms. The molecule has 0 aliphatic carbocycles. The highest BCUT2D eigenvalue weighted by atomic mass is 35.5. The van der Waals surface area contributed by atoms with Crippen LogP contribution in [0.4, 0.5) is 0 Å². The number of morpholine rings is 1. The number of benzene rings is 1. The molecule has 0 unspecified atom stereocenters. The van der Waals surface area contributed by atoms with Crippen molar-refractivity contribution in [2.45, 2.75) is 12.5 Å². The maximum atomic E-state index is 11.4. The average molecular weight is 304 g/mol. The Balaban J connectivity index is 2.13. The van der Waals surface area contributed by atoms with Crippen molar-refractivity contribution < 1.29 is 14.6 Å². The summed E-state index contributed by atoms with van der Waals surface area (Å²) < 4.78 is 5.24. The molecule has 104 valence electrons. The van der Waals surface area contributed by atoms with Crippen molar-refractivity contribution >= 4 is 29.2 Å². The van der Waals surface area contributed by atoms with Crippen LogP contribution in [0.25, 0.3) is 0 Å². The van der Waals surface area contributed by atoms with E-state index >= 15 is 0 Å². The minimum absolute atomic E-state index is 0.385. The molecule has 1 fully saturated rings. The van der Waals surface area contributed by atoms with Crippen LogP contribution in [0.5, 0.6) is 0 Å². The van der Waals surface area contributed by atoms with E-state index in [4.69, 9.17) is 27.9 Å². The Morgan fingerprint density at radius 2 is 1.84 bits per heavy atom. The van der Waals surface area contributed by atoms with E-state index < -0.39 is 12.0 Å². The molecule has 1 heterocycles. The van der Waals surface area contributed by atoms with Crippen LogP contribution in [-0.2, 0) is 16.0 Å². The number of carbonyl (C=O) groups is 1. The molecule has 0 saturated carbocycles. The molecule has 1 aromatic carbocycles. The molecule has 1 N–H and O–H groups in total. The smallest absolute Gasteiger partial charge is 0.321 e. The van der Waals surface area contributed by atoms with Crippen molar-refractivity contribution in [2.75, 3.05) is 26.3 Å². The fourth-order valence-corrected chi connectivity index (χ4v) is 2.79. The molecular weight excluding hydrogens is 289 g/mol. The van der Waals surface area contributed by atoms with Crippen LogP contribution < -0.4 is 0 Å². The zero-order valence-corrected chi connectivity index (χ0v) is 11.8. The fourth-order valence-electron chi connectivity index (χ4n) is 2.21. The second-order valence-corrected chi connectivity index (χ2v) is 5.36. The topological polar surface area (TPSA) is 49.8 Å². The minimum Gasteiger partial charge on any atom is -0.480 e. The van der Waals surface area contributed by atoms with E-state index in [1.165, 1.54) is 0 Å². The van der Waals surface area contributed by atoms with E-state index in [0.717, 1.165) is 5.56 Å². The van der Waals surface area contributed by atoms with Gasteiger partial charge in [0, 0.05) is 23.1 Å². The number of ether oxygens (including phenoxy) is 1. The van der Waals surface area contributed by atoms with E-state index in [-0.39, 0.29) is 0 Å². The van der Waals surface area contributed by atoms with Gasteiger partial charge in [-0.3, -0.25) is 9.69 Å². The summed E-state index contributed by atoms with van der Waals surface area (Å²) in [6, 6.07) is 4.57. The zero-order chi connectivity index (χ0) is 13.8. The lowest BCUT2D eigenvalue weighted by molar-refractivity contribution is -0.145. The van der Waals surface area contributed by atoms with Crippen molar-refractivity contribution in [3.8, 4) is 0 Å². The number of nitrogens with zero attached hydrogens (tertiary/aromatic N) is 1. The van der Waals surface area contributed by atoms with Crippen molar-refractivity contribution in [1.82, 2.24) is 4.90 Å². The van der Waals surface area contributed by atoms with Crippen molar-refractivity contribution in [3.63, 3.8) is 0 Å². The largest absolute Gasteiger partial charge is 0.480 e. The van der Waals surface area contributed by atoms with Crippen LogP contribution in [0.3, 0.4) is 0 Å². The number of hydrogen-bond acceptors (Lipinski definition) is 3. The first kappa shape index (κ1) is 14.6. The van der Waals surface area contributed by atoms with Crippen LogP contribution in [0.2, 0.25) is 10.0 Å². The SMILES string of the molecule is O=C(O)[C@@H](Cc1cc(Cl)cc(Cl)c1)N1CCOCC1. The van der Waals surface area contributed by atoms with Crippen molar-refractivity contribution in [3.05, 3.63) is 33.8 Å². The first-order chi connectivity index (χ1) is 9.06. The van der Waals surface area contributed by atoms with Crippen LogP contribution in [0, 0.1) is 0 Å². The lowest BCUT2D eigenvalue weighted by Gasteiger charge is -2.32. The van der Waals surface area contributed by atoms with Gasteiger partial charge in [-0.15, -0.1) is 0 Å². The Morgan fingerprint density at radius 3 is 2.37 bits per heavy atom. The third kappa shape index (κ3) is 4.08. The van der Waals surface area contributed by atoms with Gasteiger partial charge in [-0.2, -0.15) is 0 Å². The van der Waals surface area contributed by atoms with Gasteiger partial charge in [-0.1, -0.05) is 23.2 Å². The highest BCUT2D eigenvalue weighted by molar-refractivity contribution is 6.34. The maximum absolute atomic E-state index is 11.4. The molecular formula is C13H15Cl2NO3. The Morgan fingerprint density at radius 1 is 1.26 bits per heavy atom. The van der Waals surface area contributed by atoms with Crippen LogP contribution in [-0.4, -0.2) is 48.3 Å². The first-order valence-electron chi connectivity index (χ1n) is 6.06. The van der Waals surface area contributed by atoms with Gasteiger partial charge >= 0.3 is 5.97 Å². The molecule has 2 rings (SSSR count). The molecule has 0 radical (unpaired) electrons. The quantitative estimate of drug-likeness (QED) is 0.927. The summed E-state index contributed by atoms with van der Waals surface area (Å²) in [6.45, 7) is 2.40. The second kappa shape index (κ2) is 6.57. The molecule has 4 nitrogen and oxygen atoms in total. The monoisotopic (exact) mass is 303 g/mol. The predicted octanol–water partition coefficient (Wildman–Crippen LogP) is 2.32. The molecule has 19 heavy (non-hydrogen) atoms. The van der Waals surface area contributed by atoms with Crippen LogP contribution >= 0.6 is 23.2 Å². The van der Waals surface area contributed by atoms with Crippen molar-refractivity contribution in [1.29, 1.82) is 0 Å². The molecule has 0 bridgehead atoms. The summed E-state index contributed by atoms with van der Waals surface area (Å²) in [5.74, 6) is -0.835. The fraction of sp³-hybridized carbons (Fsp3) is 0.462. The average Bonchev–Trinajstić information content (AvgIpc) is 2.35. The van der Waals surface area contributed by atoms with Gasteiger partial charge in [0.05, 0.1) is 13.2 Å². The maximum Gasteiger partial charge on any atom is 0.321 e. The molecule has 0 amide bonds. The summed E-state index contributed by atoms with van der Waals surface area (Å²) in [5, 5.41) is 10.4. The Hall–Kier alpha value is -0.810. The second-order valence-electron chi connectivity index (χ2n) is 4.48.